The maximum Gasteiger partial charge on any atom is 0.164 e. The Hall–Kier alpha value is -9.00. The molecule has 0 amide bonds. The lowest BCUT2D eigenvalue weighted by molar-refractivity contribution is 0.794. The van der Waals surface area contributed by atoms with Crippen LogP contribution in [0.25, 0.3) is 102 Å². The molecule has 67 heavy (non-hydrogen) atoms. The Balaban J connectivity index is 0.953. The molecule has 2 aromatic heterocycles. The van der Waals surface area contributed by atoms with Crippen LogP contribution < -0.4 is 0 Å². The molecule has 2 aliphatic rings. The molecule has 312 valence electrons. The van der Waals surface area contributed by atoms with Crippen molar-refractivity contribution in [1.82, 2.24) is 29.9 Å². The van der Waals surface area contributed by atoms with Gasteiger partial charge >= 0.3 is 0 Å². The molecule has 0 aliphatic heterocycles. The van der Waals surface area contributed by atoms with Gasteiger partial charge in [-0.05, 0) is 67.8 Å². The third kappa shape index (κ3) is 6.26. The summed E-state index contributed by atoms with van der Waals surface area (Å²) < 4.78 is 0. The number of hydrogen-bond donors (Lipinski definition) is 0. The molecule has 0 fully saturated rings. The molecular weight excluding hydrogens is 817 g/mol. The molecule has 2 aliphatic carbocycles. The van der Waals surface area contributed by atoms with E-state index < -0.39 is 5.41 Å². The Bertz CT molecular complexity index is 3600. The molecule has 0 atom stereocenters. The summed E-state index contributed by atoms with van der Waals surface area (Å²) in [4.78, 5) is 30.8. The van der Waals surface area contributed by atoms with Crippen molar-refractivity contribution in [3.05, 3.63) is 253 Å². The van der Waals surface area contributed by atoms with Gasteiger partial charge in [-0.25, -0.2) is 29.9 Å². The number of rotatable bonds is 7. The predicted molar refractivity (Wildman–Crippen MR) is 268 cm³/mol. The van der Waals surface area contributed by atoms with Crippen LogP contribution >= 0.6 is 0 Å². The van der Waals surface area contributed by atoms with Crippen molar-refractivity contribution >= 4 is 0 Å². The summed E-state index contributed by atoms with van der Waals surface area (Å²) in [5, 5.41) is 0. The molecule has 0 unspecified atom stereocenters. The third-order valence-corrected chi connectivity index (χ3v) is 13.2. The maximum atomic E-state index is 5.38. The number of nitrogens with zero attached hydrogens (tertiary/aromatic N) is 6. The van der Waals surface area contributed by atoms with Crippen molar-refractivity contribution in [2.45, 2.75) is 5.41 Å². The Labute approximate surface area is 388 Å². The zero-order valence-corrected chi connectivity index (χ0v) is 36.1. The summed E-state index contributed by atoms with van der Waals surface area (Å²) in [6, 6.07) is 80.4. The first-order chi connectivity index (χ1) is 33.2. The molecule has 9 aromatic carbocycles. The van der Waals surface area contributed by atoms with Gasteiger partial charge in [0, 0.05) is 33.4 Å². The van der Waals surface area contributed by atoms with E-state index in [9.17, 15) is 0 Å². The lowest BCUT2D eigenvalue weighted by Gasteiger charge is -2.30. The summed E-state index contributed by atoms with van der Waals surface area (Å²) in [6.07, 6.45) is 0. The third-order valence-electron chi connectivity index (χ3n) is 13.2. The van der Waals surface area contributed by atoms with Gasteiger partial charge in [0.05, 0.1) is 5.41 Å². The van der Waals surface area contributed by atoms with Gasteiger partial charge in [0.25, 0.3) is 0 Å². The van der Waals surface area contributed by atoms with Crippen LogP contribution in [0, 0.1) is 0 Å². The zero-order valence-electron chi connectivity index (χ0n) is 36.1. The lowest BCUT2D eigenvalue weighted by Crippen LogP contribution is -2.25. The molecule has 11 aromatic rings. The van der Waals surface area contributed by atoms with Crippen molar-refractivity contribution in [2.75, 3.05) is 0 Å². The normalized spacial score (nSPS) is 12.6. The lowest BCUT2D eigenvalue weighted by atomic mass is 9.70. The van der Waals surface area contributed by atoms with Crippen molar-refractivity contribution < 1.29 is 0 Å². The SMILES string of the molecule is c1ccc(-c2nc(-c3ccccc3)nc(-c3cccc(-c4cccc(-c5nc(-c6ccccc6)nc(-c6cccc7c6-c6ccccc6C76c7ccccc7-c7ccccc76)n5)c4)c3)n2)cc1. The Morgan fingerprint density at radius 3 is 0.970 bits per heavy atom. The number of fused-ring (bicyclic) bond motifs is 10. The van der Waals surface area contributed by atoms with E-state index in [4.69, 9.17) is 29.9 Å². The quantitative estimate of drug-likeness (QED) is 0.159. The van der Waals surface area contributed by atoms with E-state index in [2.05, 4.69) is 152 Å². The monoisotopic (exact) mass is 854 g/mol. The first kappa shape index (κ1) is 38.5. The van der Waals surface area contributed by atoms with Crippen LogP contribution in [0.1, 0.15) is 22.3 Å². The second-order valence-electron chi connectivity index (χ2n) is 17.0. The highest BCUT2D eigenvalue weighted by Crippen LogP contribution is 2.63. The second-order valence-corrected chi connectivity index (χ2v) is 17.0. The minimum absolute atomic E-state index is 0.482. The van der Waals surface area contributed by atoms with Gasteiger partial charge in [0.1, 0.15) is 0 Å². The van der Waals surface area contributed by atoms with Crippen LogP contribution in [-0.4, -0.2) is 29.9 Å². The summed E-state index contributed by atoms with van der Waals surface area (Å²) in [5.74, 6) is 3.67. The van der Waals surface area contributed by atoms with Gasteiger partial charge in [-0.3, -0.25) is 0 Å². The summed E-state index contributed by atoms with van der Waals surface area (Å²) in [7, 11) is 0. The second kappa shape index (κ2) is 15.6. The zero-order chi connectivity index (χ0) is 44.3. The van der Waals surface area contributed by atoms with Crippen molar-refractivity contribution in [1.29, 1.82) is 0 Å². The average molecular weight is 855 g/mol. The Morgan fingerprint density at radius 1 is 0.209 bits per heavy atom. The fourth-order valence-electron chi connectivity index (χ4n) is 10.3. The summed E-state index contributed by atoms with van der Waals surface area (Å²) in [5.41, 5.74) is 17.0. The standard InChI is InChI=1S/C61H38N6/c1-4-19-39(20-5-1)55-62-56(40-21-6-2-7-22-40)64-58(63-55)44-27-16-25-42(37-44)43-26-17-28-45(38-43)59-65-57(41-23-8-3-9-24-41)66-60(67-59)49-32-18-36-53-54(49)48-31-12-15-35-52(48)61(53)50-33-13-10-29-46(50)47-30-11-14-34-51(47)61/h1-38H. The summed E-state index contributed by atoms with van der Waals surface area (Å²) in [6.45, 7) is 0. The van der Waals surface area contributed by atoms with Crippen LogP contribution in [0.15, 0.2) is 231 Å². The largest absolute Gasteiger partial charge is 0.208 e. The topological polar surface area (TPSA) is 77.3 Å². The molecule has 0 saturated heterocycles. The molecule has 1 spiro atoms. The first-order valence-corrected chi connectivity index (χ1v) is 22.5. The van der Waals surface area contributed by atoms with E-state index in [1.807, 2.05) is 78.9 Å². The van der Waals surface area contributed by atoms with E-state index >= 15 is 0 Å². The molecule has 0 bridgehead atoms. The molecular formula is C61H38N6. The number of hydrogen-bond acceptors (Lipinski definition) is 6. The first-order valence-electron chi connectivity index (χ1n) is 22.5. The molecule has 2 heterocycles. The fraction of sp³-hybridized carbons (Fsp3) is 0.0164. The molecule has 0 saturated carbocycles. The Kier molecular flexibility index (Phi) is 8.96. The van der Waals surface area contributed by atoms with E-state index in [1.54, 1.807) is 0 Å². The number of aromatic nitrogens is 6. The van der Waals surface area contributed by atoms with Crippen LogP contribution in [0.3, 0.4) is 0 Å². The highest BCUT2D eigenvalue weighted by molar-refractivity contribution is 5.99. The minimum Gasteiger partial charge on any atom is -0.208 e. The van der Waals surface area contributed by atoms with Gasteiger partial charge in [-0.2, -0.15) is 0 Å². The van der Waals surface area contributed by atoms with Crippen LogP contribution in [0.4, 0.5) is 0 Å². The summed E-state index contributed by atoms with van der Waals surface area (Å²) >= 11 is 0. The molecule has 6 heteroatoms. The smallest absolute Gasteiger partial charge is 0.164 e. The highest BCUT2D eigenvalue weighted by atomic mass is 15.0. The van der Waals surface area contributed by atoms with E-state index in [-0.39, 0.29) is 0 Å². The Morgan fingerprint density at radius 2 is 0.507 bits per heavy atom. The molecule has 0 radical (unpaired) electrons. The van der Waals surface area contributed by atoms with Crippen LogP contribution in [-0.2, 0) is 5.41 Å². The molecule has 0 N–H and O–H groups in total. The van der Waals surface area contributed by atoms with E-state index in [1.165, 1.54) is 38.9 Å². The van der Waals surface area contributed by atoms with Crippen LogP contribution in [0.2, 0.25) is 0 Å². The van der Waals surface area contributed by atoms with Gasteiger partial charge < -0.3 is 0 Å². The van der Waals surface area contributed by atoms with Crippen molar-refractivity contribution in [2.24, 2.45) is 0 Å². The highest BCUT2D eigenvalue weighted by Gasteiger charge is 2.52. The fourth-order valence-corrected chi connectivity index (χ4v) is 10.3. The maximum absolute atomic E-state index is 5.38. The van der Waals surface area contributed by atoms with E-state index in [0.29, 0.717) is 34.9 Å². The van der Waals surface area contributed by atoms with Gasteiger partial charge in [0.15, 0.2) is 34.9 Å². The number of benzene rings is 9. The van der Waals surface area contributed by atoms with Crippen molar-refractivity contribution in [3.8, 4) is 102 Å². The molecule has 6 nitrogen and oxygen atoms in total. The van der Waals surface area contributed by atoms with Crippen LogP contribution in [0.5, 0.6) is 0 Å². The van der Waals surface area contributed by atoms with Gasteiger partial charge in [-0.15, -0.1) is 0 Å². The van der Waals surface area contributed by atoms with Gasteiger partial charge in [-0.1, -0.05) is 218 Å². The average Bonchev–Trinajstić information content (AvgIpc) is 3.89. The van der Waals surface area contributed by atoms with Crippen molar-refractivity contribution in [3.63, 3.8) is 0 Å². The molecule has 13 rings (SSSR count). The van der Waals surface area contributed by atoms with Gasteiger partial charge in [0.2, 0.25) is 0 Å². The predicted octanol–water partition coefficient (Wildman–Crippen LogP) is 14.1. The minimum atomic E-state index is -0.482. The van der Waals surface area contributed by atoms with E-state index in [0.717, 1.165) is 50.1 Å².